The van der Waals surface area contributed by atoms with Gasteiger partial charge in [-0.1, -0.05) is 5.16 Å². The van der Waals surface area contributed by atoms with Crippen LogP contribution in [0, 0.1) is 6.92 Å². The normalized spacial score (nSPS) is 10.5. The highest BCUT2D eigenvalue weighted by Crippen LogP contribution is 2.36. The SMILES string of the molecule is COc1cc(-c2cc(CCN)no2)c(OC)cc1C. The van der Waals surface area contributed by atoms with Gasteiger partial charge in [0.15, 0.2) is 5.76 Å². The van der Waals surface area contributed by atoms with Crippen LogP contribution in [0.5, 0.6) is 11.5 Å². The number of aryl methyl sites for hydroxylation is 1. The fraction of sp³-hybridized carbons (Fsp3) is 0.357. The van der Waals surface area contributed by atoms with Gasteiger partial charge in [0.1, 0.15) is 11.5 Å². The van der Waals surface area contributed by atoms with Crippen molar-refractivity contribution in [3.05, 3.63) is 29.5 Å². The first-order chi connectivity index (χ1) is 9.19. The van der Waals surface area contributed by atoms with E-state index in [1.54, 1.807) is 14.2 Å². The van der Waals surface area contributed by atoms with Crippen LogP contribution in [0.25, 0.3) is 11.3 Å². The van der Waals surface area contributed by atoms with E-state index in [0.29, 0.717) is 18.7 Å². The fourth-order valence-electron chi connectivity index (χ4n) is 1.95. The quantitative estimate of drug-likeness (QED) is 0.894. The van der Waals surface area contributed by atoms with E-state index in [-0.39, 0.29) is 0 Å². The lowest BCUT2D eigenvalue weighted by molar-refractivity contribution is 0.394. The zero-order chi connectivity index (χ0) is 13.8. The lowest BCUT2D eigenvalue weighted by Gasteiger charge is -2.10. The Morgan fingerprint density at radius 1 is 1.16 bits per heavy atom. The summed E-state index contributed by atoms with van der Waals surface area (Å²) in [6, 6.07) is 5.68. The zero-order valence-electron chi connectivity index (χ0n) is 11.4. The summed E-state index contributed by atoms with van der Waals surface area (Å²) in [6.07, 6.45) is 0.689. The van der Waals surface area contributed by atoms with Crippen molar-refractivity contribution >= 4 is 0 Å². The van der Waals surface area contributed by atoms with Crippen LogP contribution in [0.2, 0.25) is 0 Å². The van der Waals surface area contributed by atoms with Crippen molar-refractivity contribution in [2.75, 3.05) is 20.8 Å². The molecular formula is C14H18N2O3. The van der Waals surface area contributed by atoms with Crippen LogP contribution in [0.1, 0.15) is 11.3 Å². The third-order valence-corrected chi connectivity index (χ3v) is 2.94. The molecule has 102 valence electrons. The maximum atomic E-state index is 5.50. The molecule has 2 rings (SSSR count). The van der Waals surface area contributed by atoms with Gasteiger partial charge in [-0.15, -0.1) is 0 Å². The maximum Gasteiger partial charge on any atom is 0.170 e. The molecule has 5 nitrogen and oxygen atoms in total. The molecule has 0 fully saturated rings. The Labute approximate surface area is 112 Å². The van der Waals surface area contributed by atoms with E-state index in [2.05, 4.69) is 5.16 Å². The molecule has 0 unspecified atom stereocenters. The Morgan fingerprint density at radius 3 is 2.53 bits per heavy atom. The monoisotopic (exact) mass is 262 g/mol. The van der Waals surface area contributed by atoms with E-state index < -0.39 is 0 Å². The van der Waals surface area contributed by atoms with Crippen LogP contribution in [-0.2, 0) is 6.42 Å². The van der Waals surface area contributed by atoms with Crippen LogP contribution in [-0.4, -0.2) is 25.9 Å². The predicted octanol–water partition coefficient (Wildman–Crippen LogP) is 2.17. The van der Waals surface area contributed by atoms with Gasteiger partial charge in [-0.2, -0.15) is 0 Å². The second-order valence-corrected chi connectivity index (χ2v) is 4.24. The third-order valence-electron chi connectivity index (χ3n) is 2.94. The van der Waals surface area contributed by atoms with E-state index in [9.17, 15) is 0 Å². The van der Waals surface area contributed by atoms with Crippen LogP contribution in [0.3, 0.4) is 0 Å². The maximum absolute atomic E-state index is 5.50. The molecule has 5 heteroatoms. The molecule has 0 saturated carbocycles. The Hall–Kier alpha value is -2.01. The number of hydrogen-bond donors (Lipinski definition) is 1. The van der Waals surface area contributed by atoms with Crippen LogP contribution < -0.4 is 15.2 Å². The Kier molecular flexibility index (Phi) is 4.06. The molecule has 1 heterocycles. The summed E-state index contributed by atoms with van der Waals surface area (Å²) in [5, 5.41) is 3.98. The minimum Gasteiger partial charge on any atom is -0.496 e. The molecule has 2 aromatic rings. The summed E-state index contributed by atoms with van der Waals surface area (Å²) in [5.41, 5.74) is 8.16. The third kappa shape index (κ3) is 2.71. The van der Waals surface area contributed by atoms with Gasteiger partial charge in [-0.05, 0) is 31.2 Å². The highest BCUT2D eigenvalue weighted by atomic mass is 16.5. The number of nitrogens with zero attached hydrogens (tertiary/aromatic N) is 1. The number of rotatable bonds is 5. The highest BCUT2D eigenvalue weighted by molar-refractivity contribution is 5.69. The van der Waals surface area contributed by atoms with Gasteiger partial charge in [0.05, 0.1) is 25.5 Å². The number of ether oxygens (including phenoxy) is 2. The number of methoxy groups -OCH3 is 2. The first-order valence-electron chi connectivity index (χ1n) is 6.08. The van der Waals surface area contributed by atoms with Crippen molar-refractivity contribution in [2.24, 2.45) is 5.73 Å². The van der Waals surface area contributed by atoms with Crippen LogP contribution in [0.4, 0.5) is 0 Å². The summed E-state index contributed by atoms with van der Waals surface area (Å²) >= 11 is 0. The van der Waals surface area contributed by atoms with E-state index in [1.807, 2.05) is 25.1 Å². The van der Waals surface area contributed by atoms with E-state index in [1.165, 1.54) is 0 Å². The Morgan fingerprint density at radius 2 is 1.89 bits per heavy atom. The van der Waals surface area contributed by atoms with Crippen LogP contribution >= 0.6 is 0 Å². The van der Waals surface area contributed by atoms with Gasteiger partial charge in [-0.3, -0.25) is 0 Å². The standard InChI is InChI=1S/C14H18N2O3/c1-9-6-13(18-3)11(8-12(9)17-2)14-7-10(4-5-15)16-19-14/h6-8H,4-5,15H2,1-3H3. The predicted molar refractivity (Wildman–Crippen MR) is 72.5 cm³/mol. The molecule has 0 bridgehead atoms. The van der Waals surface area contributed by atoms with Gasteiger partial charge in [-0.25, -0.2) is 0 Å². The van der Waals surface area contributed by atoms with Crippen LogP contribution in [0.15, 0.2) is 22.7 Å². The topological polar surface area (TPSA) is 70.5 Å². The van der Waals surface area contributed by atoms with Crippen molar-refractivity contribution < 1.29 is 14.0 Å². The summed E-state index contributed by atoms with van der Waals surface area (Å²) in [7, 11) is 3.26. The average molecular weight is 262 g/mol. The lowest BCUT2D eigenvalue weighted by Crippen LogP contribution is -2.02. The van der Waals surface area contributed by atoms with E-state index in [4.69, 9.17) is 19.7 Å². The zero-order valence-corrected chi connectivity index (χ0v) is 11.4. The summed E-state index contributed by atoms with van der Waals surface area (Å²) in [6.45, 7) is 2.51. The first kappa shape index (κ1) is 13.4. The van der Waals surface area contributed by atoms with Crippen molar-refractivity contribution in [3.63, 3.8) is 0 Å². The number of hydrogen-bond acceptors (Lipinski definition) is 5. The molecule has 19 heavy (non-hydrogen) atoms. The lowest BCUT2D eigenvalue weighted by atomic mass is 10.1. The van der Waals surface area contributed by atoms with Gasteiger partial charge in [0, 0.05) is 12.5 Å². The molecule has 0 saturated heterocycles. The minimum atomic E-state index is 0.542. The summed E-state index contributed by atoms with van der Waals surface area (Å²) in [5.74, 6) is 2.17. The number of benzene rings is 1. The van der Waals surface area contributed by atoms with Crippen molar-refractivity contribution in [2.45, 2.75) is 13.3 Å². The Balaban J connectivity index is 2.46. The molecule has 0 atom stereocenters. The van der Waals surface area contributed by atoms with Crippen molar-refractivity contribution in [1.29, 1.82) is 0 Å². The van der Waals surface area contributed by atoms with Gasteiger partial charge in [0.2, 0.25) is 0 Å². The molecule has 0 radical (unpaired) electrons. The van der Waals surface area contributed by atoms with Gasteiger partial charge < -0.3 is 19.7 Å². The minimum absolute atomic E-state index is 0.542. The smallest absolute Gasteiger partial charge is 0.170 e. The summed E-state index contributed by atoms with van der Waals surface area (Å²) < 4.78 is 16.0. The van der Waals surface area contributed by atoms with Gasteiger partial charge in [0.25, 0.3) is 0 Å². The molecule has 0 aliphatic rings. The molecule has 0 aliphatic heterocycles. The number of aromatic nitrogens is 1. The number of nitrogens with two attached hydrogens (primary N) is 1. The van der Waals surface area contributed by atoms with Crippen molar-refractivity contribution in [3.8, 4) is 22.8 Å². The average Bonchev–Trinajstić information content (AvgIpc) is 2.87. The van der Waals surface area contributed by atoms with Gasteiger partial charge >= 0.3 is 0 Å². The molecule has 1 aromatic heterocycles. The molecule has 0 spiro atoms. The largest absolute Gasteiger partial charge is 0.496 e. The highest BCUT2D eigenvalue weighted by Gasteiger charge is 2.15. The van der Waals surface area contributed by atoms with E-state index in [0.717, 1.165) is 28.3 Å². The van der Waals surface area contributed by atoms with Crippen molar-refractivity contribution in [1.82, 2.24) is 5.16 Å². The molecule has 0 amide bonds. The molecule has 0 aliphatic carbocycles. The second kappa shape index (κ2) is 5.75. The molecular weight excluding hydrogens is 244 g/mol. The fourth-order valence-corrected chi connectivity index (χ4v) is 1.95. The second-order valence-electron chi connectivity index (χ2n) is 4.24. The molecule has 1 aromatic carbocycles. The summed E-state index contributed by atoms with van der Waals surface area (Å²) in [4.78, 5) is 0. The molecule has 2 N–H and O–H groups in total. The Bertz CT molecular complexity index is 564. The first-order valence-corrected chi connectivity index (χ1v) is 6.08. The van der Waals surface area contributed by atoms with E-state index >= 15 is 0 Å².